The van der Waals surface area contributed by atoms with Crippen molar-refractivity contribution in [3.63, 3.8) is 0 Å². The highest BCUT2D eigenvalue weighted by molar-refractivity contribution is 8.00. The second-order valence-corrected chi connectivity index (χ2v) is 5.25. The van der Waals surface area contributed by atoms with E-state index in [4.69, 9.17) is 4.74 Å². The van der Waals surface area contributed by atoms with Gasteiger partial charge in [0.2, 0.25) is 5.91 Å². The van der Waals surface area contributed by atoms with Crippen molar-refractivity contribution in [3.8, 4) is 0 Å². The number of rotatable bonds is 6. The van der Waals surface area contributed by atoms with Gasteiger partial charge in [0, 0.05) is 19.0 Å². The molecular weight excluding hydrogens is 304 g/mol. The number of carbonyl (C=O) groups excluding carboxylic acids is 2. The molecule has 0 spiro atoms. The van der Waals surface area contributed by atoms with Crippen LogP contribution in [0.1, 0.15) is 0 Å². The molecule has 8 heteroatoms. The number of carbonyl (C=O) groups is 2. The van der Waals surface area contributed by atoms with Crippen molar-refractivity contribution in [2.24, 2.45) is 0 Å². The molecular formula is C14H16N4O3S. The lowest BCUT2D eigenvalue weighted by Crippen LogP contribution is -2.41. The first-order chi connectivity index (χ1) is 10.7. The van der Waals surface area contributed by atoms with E-state index in [0.29, 0.717) is 18.2 Å². The summed E-state index contributed by atoms with van der Waals surface area (Å²) in [6.45, 7) is 0.739. The molecule has 0 bridgehead atoms. The number of amides is 3. The molecule has 3 amide bonds. The zero-order chi connectivity index (χ0) is 15.8. The Kier molecular flexibility index (Phi) is 6.11. The number of methoxy groups -OCH3 is 1. The van der Waals surface area contributed by atoms with Crippen LogP contribution < -0.4 is 10.6 Å². The SMILES string of the molecule is COCCNC(=O)NC(=O)CSc1ncnc2ccccc12. The third-order valence-electron chi connectivity index (χ3n) is 2.69. The standard InChI is InChI=1S/C14H16N4O3S/c1-21-7-6-15-14(20)18-12(19)8-22-13-10-4-2-3-5-11(10)16-9-17-13/h2-5,9H,6-8H2,1H3,(H2,15,18,19,20). The molecule has 2 N–H and O–H groups in total. The third-order valence-corrected chi connectivity index (χ3v) is 3.70. The van der Waals surface area contributed by atoms with Gasteiger partial charge in [0.15, 0.2) is 0 Å². The highest BCUT2D eigenvalue weighted by atomic mass is 32.2. The number of imide groups is 1. The van der Waals surface area contributed by atoms with Crippen LogP contribution in [0.2, 0.25) is 0 Å². The van der Waals surface area contributed by atoms with Crippen LogP contribution in [0.4, 0.5) is 4.79 Å². The molecule has 1 aromatic heterocycles. The van der Waals surface area contributed by atoms with E-state index in [1.54, 1.807) is 0 Å². The Balaban J connectivity index is 1.86. The van der Waals surface area contributed by atoms with Crippen LogP contribution in [0.3, 0.4) is 0 Å². The summed E-state index contributed by atoms with van der Waals surface area (Å²) in [6, 6.07) is 7.02. The Morgan fingerprint density at radius 3 is 2.91 bits per heavy atom. The number of hydrogen-bond acceptors (Lipinski definition) is 6. The van der Waals surface area contributed by atoms with Crippen LogP contribution >= 0.6 is 11.8 Å². The van der Waals surface area contributed by atoms with Crippen LogP contribution in [0.5, 0.6) is 0 Å². The van der Waals surface area contributed by atoms with Crippen LogP contribution in [0.25, 0.3) is 10.9 Å². The Morgan fingerprint density at radius 2 is 2.09 bits per heavy atom. The van der Waals surface area contributed by atoms with Gasteiger partial charge >= 0.3 is 6.03 Å². The molecule has 1 heterocycles. The maximum atomic E-state index is 11.7. The lowest BCUT2D eigenvalue weighted by molar-refractivity contribution is -0.117. The van der Waals surface area contributed by atoms with Gasteiger partial charge in [0.25, 0.3) is 0 Å². The van der Waals surface area contributed by atoms with E-state index in [1.165, 1.54) is 25.2 Å². The van der Waals surface area contributed by atoms with Crippen molar-refractivity contribution in [2.45, 2.75) is 5.03 Å². The lowest BCUT2D eigenvalue weighted by Gasteiger charge is -2.06. The average Bonchev–Trinajstić information content (AvgIpc) is 2.53. The van der Waals surface area contributed by atoms with Crippen LogP contribution in [0, 0.1) is 0 Å². The van der Waals surface area contributed by atoms with Crippen molar-refractivity contribution < 1.29 is 14.3 Å². The summed E-state index contributed by atoms with van der Waals surface area (Å²) in [6.07, 6.45) is 1.46. The fraction of sp³-hybridized carbons (Fsp3) is 0.286. The highest BCUT2D eigenvalue weighted by Crippen LogP contribution is 2.23. The summed E-state index contributed by atoms with van der Waals surface area (Å²) < 4.78 is 4.80. The molecule has 0 aliphatic heterocycles. The van der Waals surface area contributed by atoms with Gasteiger partial charge in [-0.15, -0.1) is 0 Å². The number of para-hydroxylation sites is 1. The normalized spacial score (nSPS) is 10.4. The fourth-order valence-electron chi connectivity index (χ4n) is 1.70. The molecule has 0 saturated carbocycles. The quantitative estimate of drug-likeness (QED) is 0.472. The molecule has 7 nitrogen and oxygen atoms in total. The van der Waals surface area contributed by atoms with Gasteiger partial charge in [-0.3, -0.25) is 10.1 Å². The molecule has 1 aromatic carbocycles. The zero-order valence-corrected chi connectivity index (χ0v) is 12.9. The summed E-state index contributed by atoms with van der Waals surface area (Å²) >= 11 is 1.26. The summed E-state index contributed by atoms with van der Waals surface area (Å²) in [5.74, 6) is -0.291. The summed E-state index contributed by atoms with van der Waals surface area (Å²) in [4.78, 5) is 31.5. The smallest absolute Gasteiger partial charge is 0.321 e. The summed E-state index contributed by atoms with van der Waals surface area (Å²) in [5.41, 5.74) is 0.817. The number of nitrogens with one attached hydrogen (secondary N) is 2. The first-order valence-electron chi connectivity index (χ1n) is 6.60. The number of hydrogen-bond donors (Lipinski definition) is 2. The van der Waals surface area contributed by atoms with E-state index in [-0.39, 0.29) is 11.7 Å². The summed E-state index contributed by atoms with van der Waals surface area (Å²) in [7, 11) is 1.54. The lowest BCUT2D eigenvalue weighted by atomic mass is 10.2. The maximum absolute atomic E-state index is 11.7. The average molecular weight is 320 g/mol. The van der Waals surface area contributed by atoms with Gasteiger partial charge in [0.1, 0.15) is 11.4 Å². The molecule has 0 fully saturated rings. The van der Waals surface area contributed by atoms with E-state index in [2.05, 4.69) is 20.6 Å². The van der Waals surface area contributed by atoms with Crippen molar-refractivity contribution >= 4 is 34.6 Å². The number of fused-ring (bicyclic) bond motifs is 1. The van der Waals surface area contributed by atoms with Crippen LogP contribution in [0.15, 0.2) is 35.6 Å². The second-order valence-electron chi connectivity index (χ2n) is 4.28. The van der Waals surface area contributed by atoms with Crippen molar-refractivity contribution in [1.29, 1.82) is 0 Å². The Labute approximate surface area is 131 Å². The molecule has 2 rings (SSSR count). The minimum absolute atomic E-state index is 0.0959. The number of benzene rings is 1. The minimum Gasteiger partial charge on any atom is -0.383 e. The van der Waals surface area contributed by atoms with Gasteiger partial charge in [-0.05, 0) is 6.07 Å². The van der Waals surface area contributed by atoms with Crippen LogP contribution in [-0.2, 0) is 9.53 Å². The Bertz CT molecular complexity index is 660. The molecule has 0 saturated heterocycles. The van der Waals surface area contributed by atoms with Crippen molar-refractivity contribution in [3.05, 3.63) is 30.6 Å². The summed E-state index contributed by atoms with van der Waals surface area (Å²) in [5, 5.41) is 6.35. The van der Waals surface area contributed by atoms with E-state index in [9.17, 15) is 9.59 Å². The zero-order valence-electron chi connectivity index (χ0n) is 12.0. The van der Waals surface area contributed by atoms with E-state index >= 15 is 0 Å². The van der Waals surface area contributed by atoms with Gasteiger partial charge in [-0.1, -0.05) is 30.0 Å². The predicted molar refractivity (Wildman–Crippen MR) is 83.7 cm³/mol. The Hall–Kier alpha value is -2.19. The highest BCUT2D eigenvalue weighted by Gasteiger charge is 2.10. The maximum Gasteiger partial charge on any atom is 0.321 e. The Morgan fingerprint density at radius 1 is 1.27 bits per heavy atom. The van der Waals surface area contributed by atoms with Gasteiger partial charge in [0.05, 0.1) is 17.9 Å². The fourth-order valence-corrected chi connectivity index (χ4v) is 2.49. The first-order valence-corrected chi connectivity index (χ1v) is 7.58. The van der Waals surface area contributed by atoms with Crippen molar-refractivity contribution in [1.82, 2.24) is 20.6 Å². The molecule has 0 aliphatic rings. The number of ether oxygens (including phenoxy) is 1. The van der Waals surface area contributed by atoms with Crippen molar-refractivity contribution in [2.75, 3.05) is 26.0 Å². The predicted octanol–water partition coefficient (Wildman–Crippen LogP) is 1.19. The molecule has 2 aromatic rings. The second kappa shape index (κ2) is 8.30. The molecule has 116 valence electrons. The van der Waals surface area contributed by atoms with Gasteiger partial charge in [-0.25, -0.2) is 14.8 Å². The molecule has 22 heavy (non-hydrogen) atoms. The topological polar surface area (TPSA) is 93.2 Å². The van der Waals surface area contributed by atoms with E-state index in [1.807, 2.05) is 24.3 Å². The number of nitrogens with zero attached hydrogens (tertiary/aromatic N) is 2. The molecule has 0 unspecified atom stereocenters. The van der Waals surface area contributed by atoms with Crippen LogP contribution in [-0.4, -0.2) is 47.9 Å². The molecule has 0 radical (unpaired) electrons. The number of urea groups is 1. The molecule has 0 aliphatic carbocycles. The van der Waals surface area contributed by atoms with Gasteiger partial charge in [-0.2, -0.15) is 0 Å². The first kappa shape index (κ1) is 16.2. The third kappa shape index (κ3) is 4.68. The number of aromatic nitrogens is 2. The van der Waals surface area contributed by atoms with E-state index < -0.39 is 6.03 Å². The van der Waals surface area contributed by atoms with Gasteiger partial charge < -0.3 is 10.1 Å². The molecule has 0 atom stereocenters. The minimum atomic E-state index is -0.532. The van der Waals surface area contributed by atoms with E-state index in [0.717, 1.165) is 10.9 Å². The largest absolute Gasteiger partial charge is 0.383 e. The number of thioether (sulfide) groups is 1. The monoisotopic (exact) mass is 320 g/mol.